The molecule has 0 spiro atoms. The number of alkyl halides is 2. The van der Waals surface area contributed by atoms with E-state index in [0.29, 0.717) is 23.5 Å². The van der Waals surface area contributed by atoms with Crippen molar-refractivity contribution in [2.75, 3.05) is 13.2 Å². The van der Waals surface area contributed by atoms with Gasteiger partial charge in [-0.05, 0) is 13.8 Å². The molecular formula is C11H16F2N2O2. The van der Waals surface area contributed by atoms with Crippen LogP contribution in [0.15, 0.2) is 6.20 Å². The Kier molecular flexibility index (Phi) is 5.37. The Morgan fingerprint density at radius 3 is 2.71 bits per heavy atom. The first-order valence-electron chi connectivity index (χ1n) is 5.37. The molecule has 1 aromatic heterocycles. The molecule has 0 bridgehead atoms. The standard InChI is InChI=1S/C11H16F2N2O2/c1-7-9(8(2)16)5-14-11(15-7)3-4-17-6-10(12)13/h5,8,10,16H,3-4,6H2,1-2H3/t8-/m0/s1. The lowest BCUT2D eigenvalue weighted by atomic mass is 10.1. The lowest BCUT2D eigenvalue weighted by molar-refractivity contribution is 0.0182. The van der Waals surface area contributed by atoms with Gasteiger partial charge in [0.05, 0.1) is 12.7 Å². The Morgan fingerprint density at radius 1 is 1.47 bits per heavy atom. The van der Waals surface area contributed by atoms with Gasteiger partial charge in [0.25, 0.3) is 6.43 Å². The zero-order chi connectivity index (χ0) is 12.8. The second-order valence-electron chi connectivity index (χ2n) is 3.72. The highest BCUT2D eigenvalue weighted by Gasteiger charge is 2.08. The molecular weight excluding hydrogens is 230 g/mol. The van der Waals surface area contributed by atoms with Crippen LogP contribution in [0.25, 0.3) is 0 Å². The molecule has 1 N–H and O–H groups in total. The summed E-state index contributed by atoms with van der Waals surface area (Å²) in [4.78, 5) is 8.21. The number of halogens is 2. The van der Waals surface area contributed by atoms with E-state index >= 15 is 0 Å². The van der Waals surface area contributed by atoms with Crippen molar-refractivity contribution < 1.29 is 18.6 Å². The van der Waals surface area contributed by atoms with E-state index in [4.69, 9.17) is 4.74 Å². The quantitative estimate of drug-likeness (QED) is 0.776. The third-order valence-electron chi connectivity index (χ3n) is 2.23. The van der Waals surface area contributed by atoms with Crippen molar-refractivity contribution in [3.8, 4) is 0 Å². The summed E-state index contributed by atoms with van der Waals surface area (Å²) < 4.78 is 28.3. The Labute approximate surface area is 98.7 Å². The summed E-state index contributed by atoms with van der Waals surface area (Å²) in [5.74, 6) is 0.529. The van der Waals surface area contributed by atoms with Gasteiger partial charge in [-0.3, -0.25) is 0 Å². The molecule has 0 aliphatic rings. The number of aromatic nitrogens is 2. The van der Waals surface area contributed by atoms with Gasteiger partial charge in [-0.1, -0.05) is 0 Å². The first-order chi connectivity index (χ1) is 8.00. The number of hydrogen-bond donors (Lipinski definition) is 1. The van der Waals surface area contributed by atoms with Crippen molar-refractivity contribution in [3.05, 3.63) is 23.3 Å². The highest BCUT2D eigenvalue weighted by molar-refractivity contribution is 5.18. The predicted octanol–water partition coefficient (Wildman–Crippen LogP) is 1.66. The van der Waals surface area contributed by atoms with Gasteiger partial charge < -0.3 is 9.84 Å². The molecule has 0 aromatic carbocycles. The van der Waals surface area contributed by atoms with E-state index in [0.717, 1.165) is 0 Å². The Hall–Kier alpha value is -1.14. The fraction of sp³-hybridized carbons (Fsp3) is 0.636. The van der Waals surface area contributed by atoms with Crippen molar-refractivity contribution in [1.29, 1.82) is 0 Å². The van der Waals surface area contributed by atoms with Crippen LogP contribution < -0.4 is 0 Å². The highest BCUT2D eigenvalue weighted by atomic mass is 19.3. The SMILES string of the molecule is Cc1nc(CCOCC(F)F)ncc1[C@H](C)O. The molecule has 0 fully saturated rings. The number of rotatable bonds is 6. The van der Waals surface area contributed by atoms with Crippen molar-refractivity contribution in [2.24, 2.45) is 0 Å². The maximum absolute atomic E-state index is 11.8. The summed E-state index contributed by atoms with van der Waals surface area (Å²) >= 11 is 0. The first kappa shape index (κ1) is 13.9. The Bertz CT molecular complexity index is 359. The van der Waals surface area contributed by atoms with E-state index in [1.54, 1.807) is 20.0 Å². The minimum atomic E-state index is -2.45. The molecule has 96 valence electrons. The fourth-order valence-electron chi connectivity index (χ4n) is 1.39. The minimum Gasteiger partial charge on any atom is -0.389 e. The molecule has 0 unspecified atom stereocenters. The van der Waals surface area contributed by atoms with E-state index in [9.17, 15) is 13.9 Å². The molecule has 1 aromatic rings. The third kappa shape index (κ3) is 4.70. The van der Waals surface area contributed by atoms with Gasteiger partial charge in [-0.15, -0.1) is 0 Å². The lowest BCUT2D eigenvalue weighted by Gasteiger charge is -2.09. The molecule has 4 nitrogen and oxygen atoms in total. The van der Waals surface area contributed by atoms with E-state index in [2.05, 4.69) is 9.97 Å². The maximum atomic E-state index is 11.8. The second kappa shape index (κ2) is 6.56. The predicted molar refractivity (Wildman–Crippen MR) is 57.9 cm³/mol. The molecule has 6 heteroatoms. The van der Waals surface area contributed by atoms with E-state index < -0.39 is 19.1 Å². The van der Waals surface area contributed by atoms with Crippen LogP contribution in [-0.2, 0) is 11.2 Å². The van der Waals surface area contributed by atoms with Crippen molar-refractivity contribution >= 4 is 0 Å². The average molecular weight is 246 g/mol. The summed E-state index contributed by atoms with van der Waals surface area (Å²) in [5, 5.41) is 9.38. The van der Waals surface area contributed by atoms with Crippen molar-refractivity contribution in [2.45, 2.75) is 32.8 Å². The zero-order valence-electron chi connectivity index (χ0n) is 9.86. The number of nitrogens with zero attached hydrogens (tertiary/aromatic N) is 2. The number of hydrogen-bond acceptors (Lipinski definition) is 4. The first-order valence-corrected chi connectivity index (χ1v) is 5.37. The highest BCUT2D eigenvalue weighted by Crippen LogP contribution is 2.13. The number of aryl methyl sites for hydroxylation is 1. The van der Waals surface area contributed by atoms with Gasteiger partial charge in [-0.25, -0.2) is 18.7 Å². The van der Waals surface area contributed by atoms with Gasteiger partial charge in [0.1, 0.15) is 12.4 Å². The van der Waals surface area contributed by atoms with Gasteiger partial charge in [0.2, 0.25) is 0 Å². The smallest absolute Gasteiger partial charge is 0.261 e. The monoisotopic (exact) mass is 246 g/mol. The summed E-state index contributed by atoms with van der Waals surface area (Å²) in [7, 11) is 0. The molecule has 0 aliphatic carbocycles. The largest absolute Gasteiger partial charge is 0.389 e. The summed E-state index contributed by atoms with van der Waals surface area (Å²) in [6.45, 7) is 3.01. The van der Waals surface area contributed by atoms with Gasteiger partial charge in [0.15, 0.2) is 0 Å². The van der Waals surface area contributed by atoms with Crippen LogP contribution >= 0.6 is 0 Å². The van der Waals surface area contributed by atoms with Gasteiger partial charge >= 0.3 is 0 Å². The van der Waals surface area contributed by atoms with Gasteiger partial charge in [0, 0.05) is 23.9 Å². The number of aliphatic hydroxyl groups is 1. The van der Waals surface area contributed by atoms with E-state index in [-0.39, 0.29) is 6.61 Å². The number of aliphatic hydroxyl groups excluding tert-OH is 1. The minimum absolute atomic E-state index is 0.164. The maximum Gasteiger partial charge on any atom is 0.261 e. The Balaban J connectivity index is 2.47. The topological polar surface area (TPSA) is 55.2 Å². The van der Waals surface area contributed by atoms with Crippen molar-refractivity contribution in [3.63, 3.8) is 0 Å². The van der Waals surface area contributed by atoms with Crippen LogP contribution in [0, 0.1) is 6.92 Å². The summed E-state index contributed by atoms with van der Waals surface area (Å²) in [6, 6.07) is 0. The van der Waals surface area contributed by atoms with Crippen LogP contribution in [0.2, 0.25) is 0 Å². The van der Waals surface area contributed by atoms with Crippen LogP contribution in [0.3, 0.4) is 0 Å². The summed E-state index contributed by atoms with van der Waals surface area (Å²) in [6.07, 6.45) is -1.13. The normalized spacial score (nSPS) is 13.1. The van der Waals surface area contributed by atoms with Gasteiger partial charge in [-0.2, -0.15) is 0 Å². The molecule has 1 heterocycles. The van der Waals surface area contributed by atoms with Crippen LogP contribution in [0.5, 0.6) is 0 Å². The molecule has 0 radical (unpaired) electrons. The number of ether oxygens (including phenoxy) is 1. The van der Waals surface area contributed by atoms with E-state index in [1.807, 2.05) is 0 Å². The molecule has 0 aliphatic heterocycles. The fourth-order valence-corrected chi connectivity index (χ4v) is 1.39. The van der Waals surface area contributed by atoms with Crippen molar-refractivity contribution in [1.82, 2.24) is 9.97 Å². The van der Waals surface area contributed by atoms with Crippen LogP contribution in [0.1, 0.15) is 30.1 Å². The molecule has 0 amide bonds. The summed E-state index contributed by atoms with van der Waals surface area (Å²) in [5.41, 5.74) is 1.36. The van der Waals surface area contributed by atoms with Crippen LogP contribution in [-0.4, -0.2) is 34.7 Å². The zero-order valence-corrected chi connectivity index (χ0v) is 9.86. The van der Waals surface area contributed by atoms with E-state index in [1.165, 1.54) is 0 Å². The average Bonchev–Trinajstić information content (AvgIpc) is 2.23. The molecule has 17 heavy (non-hydrogen) atoms. The molecule has 0 saturated carbocycles. The molecule has 1 atom stereocenters. The van der Waals surface area contributed by atoms with Crippen LogP contribution in [0.4, 0.5) is 8.78 Å². The molecule has 1 rings (SSSR count). The molecule has 0 saturated heterocycles. The second-order valence-corrected chi connectivity index (χ2v) is 3.72. The Morgan fingerprint density at radius 2 is 2.18 bits per heavy atom. The third-order valence-corrected chi connectivity index (χ3v) is 2.23. The lowest BCUT2D eigenvalue weighted by Crippen LogP contribution is -2.10.